The molecule has 0 aromatic heterocycles. The fourth-order valence-electron chi connectivity index (χ4n) is 1.44. The van der Waals surface area contributed by atoms with Crippen molar-refractivity contribution in [1.29, 1.82) is 0 Å². The molecule has 0 heterocycles. The van der Waals surface area contributed by atoms with Gasteiger partial charge in [0.25, 0.3) is 0 Å². The Balaban J connectivity index is 4.52. The Bertz CT molecular complexity index is 250. The van der Waals surface area contributed by atoms with Crippen LogP contribution >= 0.6 is 0 Å². The van der Waals surface area contributed by atoms with Crippen molar-refractivity contribution in [3.8, 4) is 0 Å². The smallest absolute Gasteiger partial charge is 0.212 e. The number of hydrogen-bond donors (Lipinski definition) is 2. The predicted octanol–water partition coefficient (Wildman–Crippen LogP) is 1.22. The van der Waals surface area contributed by atoms with Crippen LogP contribution in [0.4, 0.5) is 0 Å². The highest BCUT2D eigenvalue weighted by Gasteiger charge is 2.29. The molecule has 0 aliphatic rings. The van der Waals surface area contributed by atoms with E-state index in [1.807, 2.05) is 20.8 Å². The maximum absolute atomic E-state index is 11.7. The molecule has 0 atom stereocenters. The van der Waals surface area contributed by atoms with E-state index < -0.39 is 15.6 Å². The summed E-state index contributed by atoms with van der Waals surface area (Å²) in [6.07, 6.45) is 3.04. The van der Waals surface area contributed by atoms with E-state index in [1.54, 1.807) is 0 Å². The summed E-state index contributed by atoms with van der Waals surface area (Å²) in [6.45, 7) is 6.24. The van der Waals surface area contributed by atoms with Gasteiger partial charge in [-0.1, -0.05) is 27.2 Å². The molecule has 0 aromatic carbocycles. The quantitative estimate of drug-likeness (QED) is 0.665. The van der Waals surface area contributed by atoms with Crippen molar-refractivity contribution < 1.29 is 8.42 Å². The summed E-state index contributed by atoms with van der Waals surface area (Å²) in [5.41, 5.74) is 5.19. The van der Waals surface area contributed by atoms with Crippen LogP contribution in [-0.2, 0) is 10.0 Å². The number of unbranched alkanes of at least 4 members (excludes halogenated alkanes) is 1. The van der Waals surface area contributed by atoms with Gasteiger partial charge in [0, 0.05) is 12.1 Å². The molecule has 15 heavy (non-hydrogen) atoms. The number of hydrogen-bond acceptors (Lipinski definition) is 3. The van der Waals surface area contributed by atoms with Gasteiger partial charge in [0.05, 0.1) is 5.75 Å². The molecule has 5 heteroatoms. The summed E-state index contributed by atoms with van der Waals surface area (Å²) >= 11 is 0. The Morgan fingerprint density at radius 3 is 2.07 bits per heavy atom. The van der Waals surface area contributed by atoms with E-state index in [9.17, 15) is 8.42 Å². The third kappa shape index (κ3) is 4.95. The molecular formula is C10H24N2O2S. The van der Waals surface area contributed by atoms with Crippen molar-refractivity contribution in [2.75, 3.05) is 12.3 Å². The van der Waals surface area contributed by atoms with Crippen LogP contribution in [0.15, 0.2) is 0 Å². The van der Waals surface area contributed by atoms with E-state index in [1.165, 1.54) is 0 Å². The van der Waals surface area contributed by atoms with Gasteiger partial charge in [0.1, 0.15) is 0 Å². The van der Waals surface area contributed by atoms with Gasteiger partial charge in [0.2, 0.25) is 10.0 Å². The molecule has 0 aliphatic carbocycles. The minimum atomic E-state index is -3.17. The average Bonchev–Trinajstić information content (AvgIpc) is 2.23. The van der Waals surface area contributed by atoms with Crippen LogP contribution in [-0.4, -0.2) is 26.3 Å². The summed E-state index contributed by atoms with van der Waals surface area (Å²) in [5, 5.41) is 0. The standard InChI is InChI=1S/C10H24N2O2S/c1-4-7-8-15(13,14)12-10(5-2,6-3)9-11/h12H,4-9,11H2,1-3H3. The van der Waals surface area contributed by atoms with Gasteiger partial charge in [-0.2, -0.15) is 0 Å². The van der Waals surface area contributed by atoms with Crippen molar-refractivity contribution in [1.82, 2.24) is 4.72 Å². The lowest BCUT2D eigenvalue weighted by Gasteiger charge is -2.30. The molecule has 0 fully saturated rings. The third-order valence-corrected chi connectivity index (χ3v) is 4.45. The first-order valence-electron chi connectivity index (χ1n) is 5.67. The minimum Gasteiger partial charge on any atom is -0.329 e. The summed E-state index contributed by atoms with van der Waals surface area (Å²) in [7, 11) is -3.17. The Labute approximate surface area is 93.7 Å². The fraction of sp³-hybridized carbons (Fsp3) is 1.00. The molecule has 0 amide bonds. The second-order valence-electron chi connectivity index (χ2n) is 3.97. The largest absolute Gasteiger partial charge is 0.329 e. The average molecular weight is 236 g/mol. The first-order valence-corrected chi connectivity index (χ1v) is 7.32. The molecule has 0 saturated heterocycles. The number of nitrogens with one attached hydrogen (secondary N) is 1. The van der Waals surface area contributed by atoms with Crippen molar-refractivity contribution in [3.05, 3.63) is 0 Å². The monoisotopic (exact) mass is 236 g/mol. The van der Waals surface area contributed by atoms with E-state index in [4.69, 9.17) is 5.73 Å². The van der Waals surface area contributed by atoms with Crippen LogP contribution in [0, 0.1) is 0 Å². The fourth-order valence-corrected chi connectivity index (χ4v) is 3.24. The van der Waals surface area contributed by atoms with Crippen molar-refractivity contribution in [2.45, 2.75) is 52.0 Å². The Morgan fingerprint density at radius 1 is 1.20 bits per heavy atom. The van der Waals surface area contributed by atoms with Crippen LogP contribution in [0.25, 0.3) is 0 Å². The SMILES string of the molecule is CCCCS(=O)(=O)NC(CC)(CC)CN. The molecule has 0 saturated carbocycles. The molecule has 0 bridgehead atoms. The zero-order valence-corrected chi connectivity index (χ0v) is 10.9. The van der Waals surface area contributed by atoms with E-state index in [-0.39, 0.29) is 5.75 Å². The first-order chi connectivity index (χ1) is 6.95. The van der Waals surface area contributed by atoms with E-state index in [0.717, 1.165) is 19.3 Å². The van der Waals surface area contributed by atoms with Crippen molar-refractivity contribution in [3.63, 3.8) is 0 Å². The molecule has 0 spiro atoms. The van der Waals surface area contributed by atoms with Crippen molar-refractivity contribution in [2.24, 2.45) is 5.73 Å². The summed E-state index contributed by atoms with van der Waals surface area (Å²) in [4.78, 5) is 0. The van der Waals surface area contributed by atoms with Crippen molar-refractivity contribution >= 4 is 10.0 Å². The maximum atomic E-state index is 11.7. The highest BCUT2D eigenvalue weighted by Crippen LogP contribution is 2.15. The zero-order chi connectivity index (χ0) is 11.9. The van der Waals surface area contributed by atoms with Gasteiger partial charge in [0.15, 0.2) is 0 Å². The molecule has 92 valence electrons. The summed E-state index contributed by atoms with van der Waals surface area (Å²) in [5.74, 6) is 0.200. The normalized spacial score (nSPS) is 13.1. The summed E-state index contributed by atoms with van der Waals surface area (Å²) in [6, 6.07) is 0. The lowest BCUT2D eigenvalue weighted by molar-refractivity contribution is 0.363. The molecule has 0 radical (unpaired) electrons. The lowest BCUT2D eigenvalue weighted by atomic mass is 9.95. The Morgan fingerprint density at radius 2 is 1.73 bits per heavy atom. The molecular weight excluding hydrogens is 212 g/mol. The van der Waals surface area contributed by atoms with Crippen LogP contribution in [0.1, 0.15) is 46.5 Å². The topological polar surface area (TPSA) is 72.2 Å². The van der Waals surface area contributed by atoms with Crippen LogP contribution in [0.2, 0.25) is 0 Å². The molecule has 0 aliphatic heterocycles. The first kappa shape index (κ1) is 14.9. The van der Waals surface area contributed by atoms with Crippen LogP contribution < -0.4 is 10.5 Å². The van der Waals surface area contributed by atoms with Gasteiger partial charge in [-0.3, -0.25) is 0 Å². The zero-order valence-electron chi connectivity index (χ0n) is 10.0. The number of sulfonamides is 1. The maximum Gasteiger partial charge on any atom is 0.212 e. The molecule has 4 nitrogen and oxygen atoms in total. The van der Waals surface area contributed by atoms with Gasteiger partial charge in [-0.25, -0.2) is 13.1 Å². The van der Waals surface area contributed by atoms with Gasteiger partial charge >= 0.3 is 0 Å². The van der Waals surface area contributed by atoms with E-state index in [0.29, 0.717) is 13.0 Å². The highest BCUT2D eigenvalue weighted by molar-refractivity contribution is 7.89. The van der Waals surface area contributed by atoms with Gasteiger partial charge in [-0.05, 0) is 19.3 Å². The summed E-state index contributed by atoms with van der Waals surface area (Å²) < 4.78 is 26.2. The number of nitrogens with two attached hydrogens (primary N) is 1. The third-order valence-electron chi connectivity index (χ3n) is 2.88. The van der Waals surface area contributed by atoms with E-state index in [2.05, 4.69) is 4.72 Å². The van der Waals surface area contributed by atoms with Crippen LogP contribution in [0.3, 0.4) is 0 Å². The van der Waals surface area contributed by atoms with Crippen LogP contribution in [0.5, 0.6) is 0 Å². The molecule has 0 unspecified atom stereocenters. The second kappa shape index (κ2) is 6.45. The molecule has 0 aromatic rings. The Kier molecular flexibility index (Phi) is 6.40. The second-order valence-corrected chi connectivity index (χ2v) is 5.81. The number of rotatable bonds is 8. The van der Waals surface area contributed by atoms with E-state index >= 15 is 0 Å². The van der Waals surface area contributed by atoms with Gasteiger partial charge in [-0.15, -0.1) is 0 Å². The molecule has 0 rings (SSSR count). The lowest BCUT2D eigenvalue weighted by Crippen LogP contribution is -2.53. The predicted molar refractivity (Wildman–Crippen MR) is 64.2 cm³/mol. The Hall–Kier alpha value is -0.130. The molecule has 3 N–H and O–H groups in total. The van der Waals surface area contributed by atoms with Gasteiger partial charge < -0.3 is 5.73 Å². The minimum absolute atomic E-state index is 0.200. The highest BCUT2D eigenvalue weighted by atomic mass is 32.2.